The van der Waals surface area contributed by atoms with E-state index in [0.29, 0.717) is 10.8 Å². The minimum atomic E-state index is -0.108. The van der Waals surface area contributed by atoms with Crippen molar-refractivity contribution in [2.45, 2.75) is 30.9 Å². The summed E-state index contributed by atoms with van der Waals surface area (Å²) in [5, 5.41) is 10.0. The lowest BCUT2D eigenvalue weighted by molar-refractivity contribution is 0.101. The Morgan fingerprint density at radius 1 is 1.43 bits per heavy atom. The summed E-state index contributed by atoms with van der Waals surface area (Å²) in [5.74, 6) is -0.0354. The van der Waals surface area contributed by atoms with E-state index >= 15 is 0 Å². The van der Waals surface area contributed by atoms with Gasteiger partial charge in [-0.25, -0.2) is 0 Å². The molecular formula is C11H14O2S. The molecule has 0 amide bonds. The molecule has 0 radical (unpaired) electrons. The van der Waals surface area contributed by atoms with Crippen LogP contribution in [0.25, 0.3) is 0 Å². The summed E-state index contributed by atoms with van der Waals surface area (Å²) in [6, 6.07) is 5.17. The molecule has 14 heavy (non-hydrogen) atoms. The summed E-state index contributed by atoms with van der Waals surface area (Å²) in [4.78, 5) is 12.0. The van der Waals surface area contributed by atoms with E-state index in [1.165, 1.54) is 6.92 Å². The molecule has 0 unspecified atom stereocenters. The maximum absolute atomic E-state index is 11.0. The fourth-order valence-corrected chi connectivity index (χ4v) is 2.03. The van der Waals surface area contributed by atoms with E-state index in [9.17, 15) is 9.90 Å². The Hall–Kier alpha value is -0.960. The molecule has 76 valence electrons. The highest BCUT2D eigenvalue weighted by Gasteiger charge is 2.07. The van der Waals surface area contributed by atoms with Crippen LogP contribution in [0.4, 0.5) is 0 Å². The van der Waals surface area contributed by atoms with Gasteiger partial charge in [-0.3, -0.25) is 4.79 Å². The number of carbonyl (C=O) groups excluding carboxylic acids is 1. The minimum absolute atomic E-state index is 0.0724. The Labute approximate surface area is 88.3 Å². The molecule has 0 aliphatic heterocycles. The van der Waals surface area contributed by atoms with Gasteiger partial charge in [0.05, 0.1) is 5.56 Å². The molecule has 1 N–H and O–H groups in total. The lowest BCUT2D eigenvalue weighted by Gasteiger charge is -2.06. The van der Waals surface area contributed by atoms with Gasteiger partial charge in [0.1, 0.15) is 5.75 Å². The first-order chi connectivity index (χ1) is 6.50. The molecule has 0 spiro atoms. The molecular weight excluding hydrogens is 196 g/mol. The maximum atomic E-state index is 11.0. The highest BCUT2D eigenvalue weighted by atomic mass is 32.2. The average molecular weight is 210 g/mol. The van der Waals surface area contributed by atoms with E-state index in [2.05, 4.69) is 13.8 Å². The van der Waals surface area contributed by atoms with Crippen molar-refractivity contribution >= 4 is 17.5 Å². The van der Waals surface area contributed by atoms with Crippen molar-refractivity contribution in [2.75, 3.05) is 0 Å². The lowest BCUT2D eigenvalue weighted by atomic mass is 10.1. The largest absolute Gasteiger partial charge is 0.507 e. The van der Waals surface area contributed by atoms with Crippen molar-refractivity contribution in [3.8, 4) is 5.75 Å². The number of thioether (sulfide) groups is 1. The molecule has 0 saturated heterocycles. The Kier molecular flexibility index (Phi) is 3.58. The summed E-state index contributed by atoms with van der Waals surface area (Å²) in [6.45, 7) is 5.62. The molecule has 2 nitrogen and oxygen atoms in total. The SMILES string of the molecule is CC(=O)c1ccc(SC(C)C)cc1O. The zero-order valence-electron chi connectivity index (χ0n) is 8.57. The second kappa shape index (κ2) is 4.51. The number of carbonyl (C=O) groups is 1. The molecule has 0 aliphatic carbocycles. The van der Waals surface area contributed by atoms with Gasteiger partial charge in [0.2, 0.25) is 0 Å². The number of benzene rings is 1. The fourth-order valence-electron chi connectivity index (χ4n) is 1.15. The molecule has 0 aromatic heterocycles. The fraction of sp³-hybridized carbons (Fsp3) is 0.364. The van der Waals surface area contributed by atoms with Crippen LogP contribution in [0.15, 0.2) is 23.1 Å². The van der Waals surface area contributed by atoms with Crippen LogP contribution in [-0.2, 0) is 0 Å². The monoisotopic (exact) mass is 210 g/mol. The van der Waals surface area contributed by atoms with Crippen LogP contribution >= 0.6 is 11.8 Å². The van der Waals surface area contributed by atoms with Gasteiger partial charge in [0.25, 0.3) is 0 Å². The molecule has 1 aromatic rings. The minimum Gasteiger partial charge on any atom is -0.507 e. The second-order valence-electron chi connectivity index (χ2n) is 3.40. The Morgan fingerprint density at radius 3 is 2.50 bits per heavy atom. The third-order valence-corrected chi connectivity index (χ3v) is 2.72. The zero-order valence-corrected chi connectivity index (χ0v) is 9.39. The Morgan fingerprint density at radius 2 is 2.07 bits per heavy atom. The zero-order chi connectivity index (χ0) is 10.7. The molecule has 0 bridgehead atoms. The summed E-state index contributed by atoms with van der Waals surface area (Å²) in [6.07, 6.45) is 0. The van der Waals surface area contributed by atoms with E-state index in [0.717, 1.165) is 4.90 Å². The van der Waals surface area contributed by atoms with Gasteiger partial charge in [-0.15, -0.1) is 11.8 Å². The average Bonchev–Trinajstić information content (AvgIpc) is 2.01. The predicted molar refractivity (Wildman–Crippen MR) is 59.1 cm³/mol. The van der Waals surface area contributed by atoms with E-state index in [-0.39, 0.29) is 11.5 Å². The van der Waals surface area contributed by atoms with Crippen molar-refractivity contribution in [3.05, 3.63) is 23.8 Å². The highest BCUT2D eigenvalue weighted by molar-refractivity contribution is 7.99. The van der Waals surface area contributed by atoms with Gasteiger partial charge in [0, 0.05) is 10.1 Å². The summed E-state index contributed by atoms with van der Waals surface area (Å²) >= 11 is 1.66. The van der Waals surface area contributed by atoms with Crippen LogP contribution in [0.1, 0.15) is 31.1 Å². The number of rotatable bonds is 3. The first-order valence-corrected chi connectivity index (χ1v) is 5.39. The first-order valence-electron chi connectivity index (χ1n) is 4.51. The number of hydrogen-bond acceptors (Lipinski definition) is 3. The quantitative estimate of drug-likeness (QED) is 0.615. The third kappa shape index (κ3) is 2.77. The van der Waals surface area contributed by atoms with Gasteiger partial charge in [-0.05, 0) is 25.1 Å². The lowest BCUT2D eigenvalue weighted by Crippen LogP contribution is -1.93. The number of Topliss-reactive ketones (excluding diaryl/α,β-unsaturated/α-hetero) is 1. The molecule has 0 saturated carbocycles. The molecule has 0 aliphatic rings. The van der Waals surface area contributed by atoms with Crippen molar-refractivity contribution in [1.29, 1.82) is 0 Å². The van der Waals surface area contributed by atoms with Gasteiger partial charge < -0.3 is 5.11 Å². The molecule has 0 heterocycles. The van der Waals surface area contributed by atoms with Gasteiger partial charge in [-0.1, -0.05) is 13.8 Å². The van der Waals surface area contributed by atoms with E-state index in [1.807, 2.05) is 6.07 Å². The molecule has 0 fully saturated rings. The van der Waals surface area contributed by atoms with Crippen molar-refractivity contribution < 1.29 is 9.90 Å². The standard InChI is InChI=1S/C11H14O2S/c1-7(2)14-9-4-5-10(8(3)12)11(13)6-9/h4-7,13H,1-3H3. The predicted octanol–water partition coefficient (Wildman–Crippen LogP) is 3.10. The van der Waals surface area contributed by atoms with Crippen LogP contribution in [0.3, 0.4) is 0 Å². The summed E-state index contributed by atoms with van der Waals surface area (Å²) in [5.41, 5.74) is 0.387. The van der Waals surface area contributed by atoms with Crippen molar-refractivity contribution in [2.24, 2.45) is 0 Å². The van der Waals surface area contributed by atoms with Gasteiger partial charge in [0.15, 0.2) is 5.78 Å². The number of ketones is 1. The van der Waals surface area contributed by atoms with Crippen LogP contribution < -0.4 is 0 Å². The van der Waals surface area contributed by atoms with Crippen molar-refractivity contribution in [3.63, 3.8) is 0 Å². The molecule has 0 atom stereocenters. The molecule has 1 rings (SSSR count). The normalized spacial score (nSPS) is 10.6. The highest BCUT2D eigenvalue weighted by Crippen LogP contribution is 2.28. The number of aromatic hydroxyl groups is 1. The third-order valence-electron chi connectivity index (χ3n) is 1.72. The van der Waals surface area contributed by atoms with Gasteiger partial charge >= 0.3 is 0 Å². The molecule has 3 heteroatoms. The topological polar surface area (TPSA) is 37.3 Å². The number of phenolic OH excluding ortho intramolecular Hbond substituents is 1. The Balaban J connectivity index is 2.94. The van der Waals surface area contributed by atoms with Crippen LogP contribution in [0.2, 0.25) is 0 Å². The van der Waals surface area contributed by atoms with Crippen LogP contribution in [0.5, 0.6) is 5.75 Å². The van der Waals surface area contributed by atoms with Crippen LogP contribution in [-0.4, -0.2) is 16.1 Å². The van der Waals surface area contributed by atoms with Crippen molar-refractivity contribution in [1.82, 2.24) is 0 Å². The van der Waals surface area contributed by atoms with Gasteiger partial charge in [-0.2, -0.15) is 0 Å². The second-order valence-corrected chi connectivity index (χ2v) is 5.05. The number of hydrogen-bond donors (Lipinski definition) is 1. The van der Waals surface area contributed by atoms with E-state index in [4.69, 9.17) is 0 Å². The first kappa shape index (κ1) is 11.1. The summed E-state index contributed by atoms with van der Waals surface area (Å²) < 4.78 is 0. The maximum Gasteiger partial charge on any atom is 0.163 e. The van der Waals surface area contributed by atoms with E-state index < -0.39 is 0 Å². The van der Waals surface area contributed by atoms with Crippen LogP contribution in [0, 0.1) is 0 Å². The number of phenols is 1. The Bertz CT molecular complexity index is 345. The summed E-state index contributed by atoms with van der Waals surface area (Å²) in [7, 11) is 0. The smallest absolute Gasteiger partial charge is 0.163 e. The molecule has 1 aromatic carbocycles. The van der Waals surface area contributed by atoms with E-state index in [1.54, 1.807) is 23.9 Å².